The van der Waals surface area contributed by atoms with E-state index in [9.17, 15) is 4.79 Å². The van der Waals surface area contributed by atoms with Crippen LogP contribution >= 0.6 is 12.4 Å². The summed E-state index contributed by atoms with van der Waals surface area (Å²) in [5.74, 6) is 0.998. The third-order valence-electron chi connectivity index (χ3n) is 4.96. The number of ether oxygens (including phenoxy) is 2. The Morgan fingerprint density at radius 1 is 1.07 bits per heavy atom. The largest absolute Gasteiger partial charge is 0.489 e. The number of halogens is 1. The van der Waals surface area contributed by atoms with Crippen LogP contribution in [0.5, 0.6) is 5.75 Å². The quantitative estimate of drug-likeness (QED) is 0.709. The maximum atomic E-state index is 12.2. The van der Waals surface area contributed by atoms with Gasteiger partial charge in [-0.2, -0.15) is 0 Å². The Hall–Kier alpha value is -2.08. The number of benzene rings is 2. The molecule has 6 heteroatoms. The van der Waals surface area contributed by atoms with Gasteiger partial charge in [-0.15, -0.1) is 12.4 Å². The third-order valence-corrected chi connectivity index (χ3v) is 4.96. The predicted octanol–water partition coefficient (Wildman–Crippen LogP) is 3.10. The van der Waals surface area contributed by atoms with E-state index in [1.165, 1.54) is 0 Å². The van der Waals surface area contributed by atoms with Crippen LogP contribution in [0.3, 0.4) is 0 Å². The molecule has 3 rings (SSSR count). The van der Waals surface area contributed by atoms with E-state index in [0.29, 0.717) is 26.4 Å². The topological polar surface area (TPSA) is 73.6 Å². The zero-order valence-corrected chi connectivity index (χ0v) is 16.8. The van der Waals surface area contributed by atoms with Crippen LogP contribution in [0.15, 0.2) is 54.6 Å². The number of hydrogen-bond acceptors (Lipinski definition) is 4. The molecular formula is C22H29ClN2O3. The van der Waals surface area contributed by atoms with Crippen LogP contribution in [-0.2, 0) is 22.6 Å². The van der Waals surface area contributed by atoms with Crippen molar-refractivity contribution in [3.8, 4) is 5.75 Å². The lowest BCUT2D eigenvalue weighted by atomic mass is 9.92. The average Bonchev–Trinajstić information content (AvgIpc) is 2.74. The molecule has 1 aliphatic heterocycles. The van der Waals surface area contributed by atoms with Crippen LogP contribution in [0.25, 0.3) is 0 Å². The number of hydrogen-bond donors (Lipinski definition) is 2. The van der Waals surface area contributed by atoms with Gasteiger partial charge >= 0.3 is 0 Å². The van der Waals surface area contributed by atoms with Crippen molar-refractivity contribution in [1.82, 2.24) is 5.32 Å². The Morgan fingerprint density at radius 2 is 1.75 bits per heavy atom. The molecule has 28 heavy (non-hydrogen) atoms. The number of amides is 1. The van der Waals surface area contributed by atoms with Gasteiger partial charge in [0.05, 0.1) is 6.04 Å². The number of nitrogens with one attached hydrogen (secondary N) is 1. The summed E-state index contributed by atoms with van der Waals surface area (Å²) in [6.07, 6.45) is 2.49. The lowest BCUT2D eigenvalue weighted by Gasteiger charge is -2.26. The molecule has 2 aromatic rings. The van der Waals surface area contributed by atoms with E-state index < -0.39 is 6.04 Å². The second-order valence-electron chi connectivity index (χ2n) is 6.93. The fraction of sp³-hybridized carbons (Fsp3) is 0.409. The summed E-state index contributed by atoms with van der Waals surface area (Å²) < 4.78 is 11.1. The normalized spacial score (nSPS) is 15.3. The molecule has 0 aliphatic carbocycles. The molecule has 1 atom stereocenters. The van der Waals surface area contributed by atoms with Gasteiger partial charge in [0.25, 0.3) is 0 Å². The zero-order chi connectivity index (χ0) is 18.9. The summed E-state index contributed by atoms with van der Waals surface area (Å²) in [6, 6.07) is 17.6. The second kappa shape index (κ2) is 11.7. The Bertz CT molecular complexity index is 703. The van der Waals surface area contributed by atoms with Gasteiger partial charge in [0.15, 0.2) is 0 Å². The Kier molecular flexibility index (Phi) is 9.28. The van der Waals surface area contributed by atoms with Crippen molar-refractivity contribution in [2.75, 3.05) is 19.8 Å². The maximum Gasteiger partial charge on any atom is 0.237 e. The predicted molar refractivity (Wildman–Crippen MR) is 113 cm³/mol. The van der Waals surface area contributed by atoms with E-state index in [1.807, 2.05) is 54.6 Å². The summed E-state index contributed by atoms with van der Waals surface area (Å²) in [5.41, 5.74) is 8.39. The van der Waals surface area contributed by atoms with Crippen LogP contribution in [0, 0.1) is 5.92 Å². The molecule has 3 N–H and O–H groups in total. The van der Waals surface area contributed by atoms with Gasteiger partial charge in [0.1, 0.15) is 12.4 Å². The zero-order valence-electron chi connectivity index (χ0n) is 16.0. The molecule has 1 aliphatic rings. The van der Waals surface area contributed by atoms with Crippen LogP contribution in [0.1, 0.15) is 24.0 Å². The van der Waals surface area contributed by atoms with Crippen molar-refractivity contribution in [2.24, 2.45) is 11.7 Å². The molecule has 2 aromatic carbocycles. The van der Waals surface area contributed by atoms with Gasteiger partial charge < -0.3 is 20.5 Å². The van der Waals surface area contributed by atoms with Crippen molar-refractivity contribution >= 4 is 18.3 Å². The van der Waals surface area contributed by atoms with E-state index in [-0.39, 0.29) is 24.2 Å². The lowest BCUT2D eigenvalue weighted by Crippen LogP contribution is -2.47. The molecule has 1 heterocycles. The van der Waals surface area contributed by atoms with Gasteiger partial charge in [-0.25, -0.2) is 0 Å². The highest BCUT2D eigenvalue weighted by Gasteiger charge is 2.26. The highest BCUT2D eigenvalue weighted by molar-refractivity contribution is 5.85. The smallest absolute Gasteiger partial charge is 0.237 e. The maximum absolute atomic E-state index is 12.2. The highest BCUT2D eigenvalue weighted by atomic mass is 35.5. The molecule has 0 saturated carbocycles. The molecule has 1 amide bonds. The fourth-order valence-corrected chi connectivity index (χ4v) is 3.23. The minimum atomic E-state index is -0.442. The first kappa shape index (κ1) is 22.2. The highest BCUT2D eigenvalue weighted by Crippen LogP contribution is 2.18. The van der Waals surface area contributed by atoms with Gasteiger partial charge in [0, 0.05) is 19.8 Å². The van der Waals surface area contributed by atoms with Crippen molar-refractivity contribution in [2.45, 2.75) is 31.9 Å². The molecule has 152 valence electrons. The first-order valence-corrected chi connectivity index (χ1v) is 9.59. The monoisotopic (exact) mass is 404 g/mol. The molecule has 0 spiro atoms. The van der Waals surface area contributed by atoms with Gasteiger partial charge in [-0.3, -0.25) is 4.79 Å². The lowest BCUT2D eigenvalue weighted by molar-refractivity contribution is -0.124. The van der Waals surface area contributed by atoms with E-state index in [4.69, 9.17) is 15.2 Å². The Labute approximate surface area is 173 Å². The van der Waals surface area contributed by atoms with Crippen molar-refractivity contribution < 1.29 is 14.3 Å². The van der Waals surface area contributed by atoms with Gasteiger partial charge in [-0.1, -0.05) is 42.5 Å². The van der Waals surface area contributed by atoms with Gasteiger partial charge in [0.2, 0.25) is 5.91 Å². The van der Waals surface area contributed by atoms with E-state index >= 15 is 0 Å². The molecule has 5 nitrogen and oxygen atoms in total. The second-order valence-corrected chi connectivity index (χ2v) is 6.93. The van der Waals surface area contributed by atoms with Crippen LogP contribution in [0.2, 0.25) is 0 Å². The van der Waals surface area contributed by atoms with E-state index in [2.05, 4.69) is 5.32 Å². The molecule has 1 saturated heterocycles. The van der Waals surface area contributed by atoms with Crippen LogP contribution in [0.4, 0.5) is 0 Å². The average molecular weight is 405 g/mol. The number of rotatable bonds is 8. The fourth-order valence-electron chi connectivity index (χ4n) is 3.23. The first-order valence-electron chi connectivity index (χ1n) is 9.59. The van der Waals surface area contributed by atoms with Crippen LogP contribution < -0.4 is 15.8 Å². The van der Waals surface area contributed by atoms with E-state index in [1.54, 1.807) is 0 Å². The summed E-state index contributed by atoms with van der Waals surface area (Å²) in [7, 11) is 0. The Morgan fingerprint density at radius 3 is 2.43 bits per heavy atom. The van der Waals surface area contributed by atoms with Crippen molar-refractivity contribution in [3.05, 3.63) is 65.7 Å². The Balaban J connectivity index is 0.00000280. The summed E-state index contributed by atoms with van der Waals surface area (Å²) in [5, 5.41) is 2.95. The molecular weight excluding hydrogens is 376 g/mol. The van der Waals surface area contributed by atoms with E-state index in [0.717, 1.165) is 36.1 Å². The molecule has 1 fully saturated rings. The molecule has 0 aromatic heterocycles. The van der Waals surface area contributed by atoms with Gasteiger partial charge in [-0.05, 0) is 48.4 Å². The molecule has 0 radical (unpaired) electrons. The van der Waals surface area contributed by atoms with Crippen molar-refractivity contribution in [3.63, 3.8) is 0 Å². The number of carbonyl (C=O) groups is 1. The SMILES string of the molecule is Cl.NC(C(=O)NCCc1ccc(OCc2ccccc2)cc1)C1CCOCC1. The summed E-state index contributed by atoms with van der Waals surface area (Å²) in [4.78, 5) is 12.2. The molecule has 0 bridgehead atoms. The standard InChI is InChI=1S/C22H28N2O3.ClH/c23-21(19-11-14-26-15-12-19)22(25)24-13-10-17-6-8-20(9-7-17)27-16-18-4-2-1-3-5-18;/h1-9,19,21H,10-16,23H2,(H,24,25);1H. The first-order chi connectivity index (χ1) is 13.2. The minimum absolute atomic E-state index is 0. The minimum Gasteiger partial charge on any atom is -0.489 e. The number of nitrogens with two attached hydrogens (primary N) is 1. The molecule has 1 unspecified atom stereocenters. The third kappa shape index (κ3) is 6.82. The van der Waals surface area contributed by atoms with Crippen molar-refractivity contribution in [1.29, 1.82) is 0 Å². The summed E-state index contributed by atoms with van der Waals surface area (Å²) in [6.45, 7) is 2.54. The summed E-state index contributed by atoms with van der Waals surface area (Å²) >= 11 is 0. The number of carbonyl (C=O) groups excluding carboxylic acids is 1. The van der Waals surface area contributed by atoms with Crippen LogP contribution in [-0.4, -0.2) is 31.7 Å².